The van der Waals surface area contributed by atoms with Crippen molar-refractivity contribution in [1.29, 1.82) is 0 Å². The molecule has 176 valence electrons. The Balaban J connectivity index is 0.000000751. The number of benzene rings is 1. The van der Waals surface area contributed by atoms with Crippen LogP contribution in [0, 0.1) is 0 Å². The first-order valence-corrected chi connectivity index (χ1v) is 9.99. The van der Waals surface area contributed by atoms with Crippen LogP contribution in [0.15, 0.2) is 18.2 Å². The summed E-state index contributed by atoms with van der Waals surface area (Å²) in [5.74, 6) is -5.07. The summed E-state index contributed by atoms with van der Waals surface area (Å²) in [7, 11) is 2.50. The fourth-order valence-corrected chi connectivity index (χ4v) is 3.10. The van der Waals surface area contributed by atoms with E-state index in [0.29, 0.717) is 11.7 Å². The molecule has 32 heavy (non-hydrogen) atoms. The second-order valence-corrected chi connectivity index (χ2v) is 7.01. The molecule has 0 bridgehead atoms. The zero-order valence-corrected chi connectivity index (χ0v) is 18.0. The predicted octanol–water partition coefficient (Wildman–Crippen LogP) is 1.67. The van der Waals surface area contributed by atoms with Crippen LogP contribution in [0.5, 0.6) is 0 Å². The van der Waals surface area contributed by atoms with Crippen molar-refractivity contribution < 1.29 is 43.7 Å². The third-order valence-electron chi connectivity index (χ3n) is 4.65. The third kappa shape index (κ3) is 9.56. The molecule has 1 fully saturated rings. The summed E-state index contributed by atoms with van der Waals surface area (Å²) < 4.78 is 9.37. The maximum absolute atomic E-state index is 12.2. The van der Waals surface area contributed by atoms with Gasteiger partial charge in [-0.3, -0.25) is 4.79 Å². The minimum Gasteiger partial charge on any atom is -0.473 e. The van der Waals surface area contributed by atoms with Gasteiger partial charge in [-0.05, 0) is 31.0 Å². The summed E-state index contributed by atoms with van der Waals surface area (Å²) in [6.45, 7) is 0.181. The minimum absolute atomic E-state index is 0.169. The van der Waals surface area contributed by atoms with Gasteiger partial charge in [0.2, 0.25) is 5.91 Å². The average molecular weight is 452 g/mol. The summed E-state index contributed by atoms with van der Waals surface area (Å²) in [6.07, 6.45) is 7.03. The highest BCUT2D eigenvalue weighted by Crippen LogP contribution is 2.18. The monoisotopic (exact) mass is 452 g/mol. The number of carboxylic acid groups (broad SMARTS) is 2. The molecule has 2 rings (SSSR count). The number of carbonyl (C=O) groups is 5. The highest BCUT2D eigenvalue weighted by Gasteiger charge is 2.16. The van der Waals surface area contributed by atoms with Gasteiger partial charge in [0.25, 0.3) is 0 Å². The first kappa shape index (κ1) is 26.6. The number of carbonyl (C=O) groups excluding carboxylic acids is 3. The first-order chi connectivity index (χ1) is 15.2. The van der Waals surface area contributed by atoms with E-state index in [1.807, 2.05) is 0 Å². The molecule has 4 N–H and O–H groups in total. The summed E-state index contributed by atoms with van der Waals surface area (Å²) in [6, 6.07) is 4.68. The van der Waals surface area contributed by atoms with E-state index in [-0.39, 0.29) is 23.6 Å². The van der Waals surface area contributed by atoms with Crippen LogP contribution in [-0.2, 0) is 23.9 Å². The van der Waals surface area contributed by atoms with Crippen LogP contribution in [-0.4, -0.2) is 66.8 Å². The van der Waals surface area contributed by atoms with E-state index < -0.39 is 23.9 Å². The molecular formula is C21H28N2O9. The van der Waals surface area contributed by atoms with Crippen molar-refractivity contribution in [2.24, 2.45) is 0 Å². The number of hydrogen-bond donors (Lipinski definition) is 4. The summed E-state index contributed by atoms with van der Waals surface area (Å²) >= 11 is 0. The number of esters is 2. The van der Waals surface area contributed by atoms with Crippen molar-refractivity contribution in [2.75, 3.05) is 26.1 Å². The Labute approximate surface area is 185 Å². The molecule has 0 aromatic heterocycles. The Bertz CT molecular complexity index is 784. The van der Waals surface area contributed by atoms with E-state index in [2.05, 4.69) is 20.1 Å². The number of ether oxygens (including phenoxy) is 2. The van der Waals surface area contributed by atoms with Gasteiger partial charge in [-0.25, -0.2) is 19.2 Å². The standard InChI is InChI=1S/C19H26N2O5.C2H2O4/c1-25-18(23)13-9-14(19(24)26-2)11-16(10-13)21-17(22)12-20-15-7-5-3-4-6-8-15;3-1(4)2(5)6/h9-11,15,20H,3-8,12H2,1-2H3,(H,21,22);(H,3,4)(H,5,6). The van der Waals surface area contributed by atoms with Gasteiger partial charge in [0.15, 0.2) is 0 Å². The zero-order chi connectivity index (χ0) is 24.1. The Morgan fingerprint density at radius 2 is 1.31 bits per heavy atom. The van der Waals surface area contributed by atoms with Gasteiger partial charge < -0.3 is 30.3 Å². The molecular weight excluding hydrogens is 424 g/mol. The fourth-order valence-electron chi connectivity index (χ4n) is 3.10. The SMILES string of the molecule is COC(=O)c1cc(NC(=O)CNC2CCCCCC2)cc(C(=O)OC)c1.O=C(O)C(=O)O. The molecule has 0 unspecified atom stereocenters. The van der Waals surface area contributed by atoms with Crippen molar-refractivity contribution in [3.8, 4) is 0 Å². The molecule has 1 aliphatic rings. The van der Waals surface area contributed by atoms with Gasteiger partial charge in [-0.15, -0.1) is 0 Å². The molecule has 11 heteroatoms. The number of hydrogen-bond acceptors (Lipinski definition) is 8. The zero-order valence-electron chi connectivity index (χ0n) is 18.0. The van der Waals surface area contributed by atoms with Gasteiger partial charge in [0.05, 0.1) is 31.9 Å². The highest BCUT2D eigenvalue weighted by molar-refractivity contribution is 6.27. The Kier molecular flexibility index (Phi) is 11.4. The van der Waals surface area contributed by atoms with E-state index in [1.165, 1.54) is 58.1 Å². The van der Waals surface area contributed by atoms with E-state index in [9.17, 15) is 14.4 Å². The molecule has 0 atom stereocenters. The molecule has 11 nitrogen and oxygen atoms in total. The quantitative estimate of drug-likeness (QED) is 0.283. The van der Waals surface area contributed by atoms with E-state index in [0.717, 1.165) is 12.8 Å². The van der Waals surface area contributed by atoms with Crippen LogP contribution in [0.3, 0.4) is 0 Å². The topological polar surface area (TPSA) is 168 Å². The molecule has 0 spiro atoms. The molecule has 1 amide bonds. The van der Waals surface area contributed by atoms with E-state index >= 15 is 0 Å². The van der Waals surface area contributed by atoms with Crippen molar-refractivity contribution in [3.63, 3.8) is 0 Å². The lowest BCUT2D eigenvalue weighted by atomic mass is 10.1. The largest absolute Gasteiger partial charge is 0.473 e. The second-order valence-electron chi connectivity index (χ2n) is 7.01. The number of amides is 1. The fraction of sp³-hybridized carbons (Fsp3) is 0.476. The van der Waals surface area contributed by atoms with E-state index in [4.69, 9.17) is 19.8 Å². The highest BCUT2D eigenvalue weighted by atomic mass is 16.5. The summed E-state index contributed by atoms with van der Waals surface area (Å²) in [4.78, 5) is 54.0. The lowest BCUT2D eigenvalue weighted by Gasteiger charge is -2.16. The van der Waals surface area contributed by atoms with Gasteiger partial charge in [0, 0.05) is 11.7 Å². The van der Waals surface area contributed by atoms with Crippen molar-refractivity contribution >= 4 is 35.5 Å². The number of carboxylic acids is 2. The molecule has 0 saturated heterocycles. The lowest BCUT2D eigenvalue weighted by molar-refractivity contribution is -0.159. The number of methoxy groups -OCH3 is 2. The van der Waals surface area contributed by atoms with Crippen LogP contribution in [0.25, 0.3) is 0 Å². The molecule has 0 heterocycles. The van der Waals surface area contributed by atoms with Gasteiger partial charge in [0.1, 0.15) is 0 Å². The third-order valence-corrected chi connectivity index (χ3v) is 4.65. The smallest absolute Gasteiger partial charge is 0.414 e. The maximum Gasteiger partial charge on any atom is 0.414 e. The number of rotatable bonds is 6. The van der Waals surface area contributed by atoms with Crippen molar-refractivity contribution in [1.82, 2.24) is 5.32 Å². The van der Waals surface area contributed by atoms with Crippen molar-refractivity contribution in [2.45, 2.75) is 44.6 Å². The van der Waals surface area contributed by atoms with Crippen LogP contribution < -0.4 is 10.6 Å². The molecule has 0 radical (unpaired) electrons. The number of anilines is 1. The Morgan fingerprint density at radius 3 is 1.72 bits per heavy atom. The van der Waals surface area contributed by atoms with Crippen molar-refractivity contribution in [3.05, 3.63) is 29.3 Å². The van der Waals surface area contributed by atoms with Gasteiger partial charge >= 0.3 is 23.9 Å². The molecule has 0 aliphatic heterocycles. The Morgan fingerprint density at radius 1 is 0.844 bits per heavy atom. The maximum atomic E-state index is 12.2. The average Bonchev–Trinajstić information content (AvgIpc) is 3.05. The molecule has 1 saturated carbocycles. The molecule has 1 aromatic carbocycles. The van der Waals surface area contributed by atoms with Gasteiger partial charge in [-0.2, -0.15) is 0 Å². The van der Waals surface area contributed by atoms with Crippen LogP contribution in [0.4, 0.5) is 5.69 Å². The molecule has 1 aliphatic carbocycles. The lowest BCUT2D eigenvalue weighted by Crippen LogP contribution is -2.35. The predicted molar refractivity (Wildman–Crippen MR) is 113 cm³/mol. The minimum atomic E-state index is -1.82. The Hall–Kier alpha value is -3.47. The van der Waals surface area contributed by atoms with E-state index in [1.54, 1.807) is 0 Å². The summed E-state index contributed by atoms with van der Waals surface area (Å²) in [5, 5.41) is 20.8. The molecule has 1 aromatic rings. The van der Waals surface area contributed by atoms with Crippen LogP contribution in [0.2, 0.25) is 0 Å². The number of nitrogens with one attached hydrogen (secondary N) is 2. The first-order valence-electron chi connectivity index (χ1n) is 9.99. The number of aliphatic carboxylic acids is 2. The van der Waals surface area contributed by atoms with Crippen LogP contribution >= 0.6 is 0 Å². The van der Waals surface area contributed by atoms with Crippen LogP contribution in [0.1, 0.15) is 59.2 Å². The summed E-state index contributed by atoms with van der Waals surface area (Å²) in [5.41, 5.74) is 0.686. The van der Waals surface area contributed by atoms with Gasteiger partial charge in [-0.1, -0.05) is 25.7 Å². The normalized spacial score (nSPS) is 13.6. The second kappa shape index (κ2) is 13.8.